The zero-order chi connectivity index (χ0) is 12.1. The molecule has 0 spiro atoms. The molecule has 0 atom stereocenters. The zero-order valence-electron chi connectivity index (χ0n) is 9.31. The molecule has 6 heteroatoms. The van der Waals surface area contributed by atoms with E-state index in [-0.39, 0.29) is 0 Å². The van der Waals surface area contributed by atoms with Crippen molar-refractivity contribution in [1.29, 1.82) is 0 Å². The van der Waals surface area contributed by atoms with Gasteiger partial charge in [0.05, 0.1) is 0 Å². The number of hydrogen-bond donors (Lipinski definition) is 2. The predicted octanol–water partition coefficient (Wildman–Crippen LogP) is 2.29. The summed E-state index contributed by atoms with van der Waals surface area (Å²) in [6.07, 6.45) is 5.09. The van der Waals surface area contributed by atoms with Gasteiger partial charge in [0.2, 0.25) is 0 Å². The third-order valence-corrected chi connectivity index (χ3v) is 2.96. The quantitative estimate of drug-likeness (QED) is 0.906. The summed E-state index contributed by atoms with van der Waals surface area (Å²) in [5, 5.41) is 6.21. The Morgan fingerprint density at radius 1 is 1.29 bits per heavy atom. The Labute approximate surface area is 108 Å². The van der Waals surface area contributed by atoms with Gasteiger partial charge in [-0.1, -0.05) is 6.07 Å². The molecule has 0 unspecified atom stereocenters. The fraction of sp³-hybridized carbons (Fsp3) is 0.182. The number of nitrogens with one attached hydrogen (secondary N) is 2. The fourth-order valence-electron chi connectivity index (χ4n) is 1.36. The number of aromatic nitrogens is 3. The van der Waals surface area contributed by atoms with Gasteiger partial charge in [0.1, 0.15) is 22.4 Å². The zero-order valence-corrected chi connectivity index (χ0v) is 10.9. The second kappa shape index (κ2) is 5.58. The first-order valence-corrected chi connectivity index (χ1v) is 5.91. The lowest BCUT2D eigenvalue weighted by atomic mass is 10.3. The first kappa shape index (κ1) is 11.8. The molecule has 17 heavy (non-hydrogen) atoms. The first-order valence-electron chi connectivity index (χ1n) is 5.12. The highest BCUT2D eigenvalue weighted by Gasteiger charge is 2.06. The van der Waals surface area contributed by atoms with E-state index in [9.17, 15) is 0 Å². The van der Waals surface area contributed by atoms with Crippen LogP contribution in [0, 0.1) is 0 Å². The summed E-state index contributed by atoms with van der Waals surface area (Å²) in [6.45, 7) is 0.673. The third kappa shape index (κ3) is 2.91. The van der Waals surface area contributed by atoms with E-state index < -0.39 is 0 Å². The predicted molar refractivity (Wildman–Crippen MR) is 70.8 cm³/mol. The number of nitrogens with zero attached hydrogens (tertiary/aromatic N) is 3. The van der Waals surface area contributed by atoms with Gasteiger partial charge in [-0.3, -0.25) is 4.98 Å². The molecule has 0 aliphatic heterocycles. The van der Waals surface area contributed by atoms with Crippen LogP contribution in [0.15, 0.2) is 35.3 Å². The van der Waals surface area contributed by atoms with E-state index in [0.29, 0.717) is 6.54 Å². The molecule has 0 saturated heterocycles. The highest BCUT2D eigenvalue weighted by molar-refractivity contribution is 9.10. The Morgan fingerprint density at radius 2 is 2.12 bits per heavy atom. The first-order chi connectivity index (χ1) is 8.31. The smallest absolute Gasteiger partial charge is 0.146 e. The molecule has 0 aromatic carbocycles. The number of anilines is 2. The minimum Gasteiger partial charge on any atom is -0.372 e. The van der Waals surface area contributed by atoms with Crippen molar-refractivity contribution >= 4 is 27.6 Å². The van der Waals surface area contributed by atoms with E-state index >= 15 is 0 Å². The lowest BCUT2D eigenvalue weighted by Crippen LogP contribution is -2.04. The van der Waals surface area contributed by atoms with Crippen molar-refractivity contribution in [2.45, 2.75) is 6.54 Å². The van der Waals surface area contributed by atoms with Crippen molar-refractivity contribution in [2.75, 3.05) is 17.7 Å². The van der Waals surface area contributed by atoms with Crippen molar-refractivity contribution in [3.63, 3.8) is 0 Å². The van der Waals surface area contributed by atoms with E-state index in [1.165, 1.54) is 6.33 Å². The van der Waals surface area contributed by atoms with Gasteiger partial charge in [0.15, 0.2) is 0 Å². The Hall–Kier alpha value is -1.69. The van der Waals surface area contributed by atoms with Crippen molar-refractivity contribution in [1.82, 2.24) is 15.0 Å². The van der Waals surface area contributed by atoms with Gasteiger partial charge in [0, 0.05) is 26.0 Å². The van der Waals surface area contributed by atoms with Gasteiger partial charge in [-0.15, -0.1) is 0 Å². The van der Waals surface area contributed by atoms with Gasteiger partial charge < -0.3 is 10.6 Å². The minimum atomic E-state index is 0.673. The average Bonchev–Trinajstić information content (AvgIpc) is 2.39. The lowest BCUT2D eigenvalue weighted by Gasteiger charge is -2.09. The summed E-state index contributed by atoms with van der Waals surface area (Å²) in [5.41, 5.74) is 1.10. The minimum absolute atomic E-state index is 0.673. The molecular weight excluding hydrogens is 282 g/mol. The van der Waals surface area contributed by atoms with Gasteiger partial charge in [-0.2, -0.15) is 0 Å². The van der Waals surface area contributed by atoms with Crippen LogP contribution in [-0.2, 0) is 6.54 Å². The van der Waals surface area contributed by atoms with Gasteiger partial charge >= 0.3 is 0 Å². The van der Waals surface area contributed by atoms with Gasteiger partial charge in [0.25, 0.3) is 0 Å². The van der Waals surface area contributed by atoms with E-state index in [4.69, 9.17) is 0 Å². The van der Waals surface area contributed by atoms with Crippen molar-refractivity contribution in [3.05, 3.63) is 40.9 Å². The van der Waals surface area contributed by atoms with E-state index in [2.05, 4.69) is 41.5 Å². The second-order valence-electron chi connectivity index (χ2n) is 3.35. The van der Waals surface area contributed by atoms with Crippen LogP contribution in [0.1, 0.15) is 5.56 Å². The molecule has 0 bridgehead atoms. The van der Waals surface area contributed by atoms with Crippen molar-refractivity contribution < 1.29 is 0 Å². The van der Waals surface area contributed by atoms with Crippen molar-refractivity contribution in [2.24, 2.45) is 0 Å². The molecule has 0 amide bonds. The summed E-state index contributed by atoms with van der Waals surface area (Å²) in [5.74, 6) is 1.52. The maximum absolute atomic E-state index is 4.17. The standard InChI is InChI=1S/C11H12BrN5/c1-13-10-9(12)11(17-7-16-10)15-6-8-3-2-4-14-5-8/h2-5,7H,6H2,1H3,(H2,13,15,16,17). The monoisotopic (exact) mass is 293 g/mol. The molecule has 88 valence electrons. The molecule has 0 saturated carbocycles. The normalized spacial score (nSPS) is 10.0. The number of hydrogen-bond acceptors (Lipinski definition) is 5. The van der Waals surface area contributed by atoms with E-state index in [0.717, 1.165) is 21.7 Å². The highest BCUT2D eigenvalue weighted by atomic mass is 79.9. The van der Waals surface area contributed by atoms with E-state index in [1.807, 2.05) is 25.4 Å². The molecule has 0 aliphatic carbocycles. The van der Waals surface area contributed by atoms with Crippen LogP contribution in [0.5, 0.6) is 0 Å². The van der Waals surface area contributed by atoms with Crippen LogP contribution < -0.4 is 10.6 Å². The molecule has 0 aliphatic rings. The Morgan fingerprint density at radius 3 is 2.82 bits per heavy atom. The summed E-state index contributed by atoms with van der Waals surface area (Å²) in [7, 11) is 1.82. The molecule has 5 nitrogen and oxygen atoms in total. The maximum atomic E-state index is 4.17. The molecule has 2 rings (SSSR count). The average molecular weight is 294 g/mol. The van der Waals surface area contributed by atoms with Crippen LogP contribution in [0.3, 0.4) is 0 Å². The highest BCUT2D eigenvalue weighted by Crippen LogP contribution is 2.26. The topological polar surface area (TPSA) is 62.7 Å². The molecule has 2 N–H and O–H groups in total. The fourth-order valence-corrected chi connectivity index (χ4v) is 1.90. The van der Waals surface area contributed by atoms with Crippen molar-refractivity contribution in [3.8, 4) is 0 Å². The van der Waals surface area contributed by atoms with Crippen LogP contribution in [0.2, 0.25) is 0 Å². The van der Waals surface area contributed by atoms with Crippen LogP contribution in [0.4, 0.5) is 11.6 Å². The lowest BCUT2D eigenvalue weighted by molar-refractivity contribution is 1.06. The molecule has 2 aromatic rings. The maximum Gasteiger partial charge on any atom is 0.146 e. The summed E-state index contributed by atoms with van der Waals surface area (Å²) < 4.78 is 0.825. The molecule has 0 radical (unpaired) electrons. The molecular formula is C11H12BrN5. The van der Waals surface area contributed by atoms with E-state index in [1.54, 1.807) is 6.20 Å². The Kier molecular flexibility index (Phi) is 3.87. The number of rotatable bonds is 4. The van der Waals surface area contributed by atoms with Crippen LogP contribution in [-0.4, -0.2) is 22.0 Å². The van der Waals surface area contributed by atoms with Gasteiger partial charge in [-0.05, 0) is 27.6 Å². The SMILES string of the molecule is CNc1ncnc(NCc2cccnc2)c1Br. The van der Waals surface area contributed by atoms with Crippen LogP contribution >= 0.6 is 15.9 Å². The second-order valence-corrected chi connectivity index (χ2v) is 4.14. The summed E-state index contributed by atoms with van der Waals surface area (Å²) in [4.78, 5) is 12.3. The molecule has 2 heterocycles. The largest absolute Gasteiger partial charge is 0.372 e. The molecule has 2 aromatic heterocycles. The number of pyridine rings is 1. The Bertz CT molecular complexity index is 488. The Balaban J connectivity index is 2.09. The van der Waals surface area contributed by atoms with Crippen LogP contribution in [0.25, 0.3) is 0 Å². The third-order valence-electron chi connectivity index (χ3n) is 2.21. The summed E-state index contributed by atoms with van der Waals surface area (Å²) in [6, 6.07) is 3.92. The summed E-state index contributed by atoms with van der Waals surface area (Å²) >= 11 is 3.45. The molecule has 0 fully saturated rings. The van der Waals surface area contributed by atoms with Gasteiger partial charge in [-0.25, -0.2) is 9.97 Å². The number of halogens is 1.